The highest BCUT2D eigenvalue weighted by atomic mass is 79.9. The zero-order valence-corrected chi connectivity index (χ0v) is 14.8. The fraction of sp³-hybridized carbons (Fsp3) is 0.188. The molecule has 0 saturated carbocycles. The first-order chi connectivity index (χ1) is 10.0. The second-order valence-electron chi connectivity index (χ2n) is 4.68. The fourth-order valence-electron chi connectivity index (χ4n) is 2.07. The van der Waals surface area contributed by atoms with Crippen molar-refractivity contribution in [3.63, 3.8) is 0 Å². The van der Waals surface area contributed by atoms with Gasteiger partial charge in [-0.25, -0.2) is 0 Å². The van der Waals surface area contributed by atoms with Crippen molar-refractivity contribution in [2.75, 3.05) is 12.3 Å². The van der Waals surface area contributed by atoms with Crippen LogP contribution in [0.15, 0.2) is 51.4 Å². The Bertz CT molecular complexity index is 638. The van der Waals surface area contributed by atoms with Gasteiger partial charge in [0.05, 0.1) is 0 Å². The summed E-state index contributed by atoms with van der Waals surface area (Å²) in [5.74, 6) is -0.0113. The number of benzene rings is 2. The van der Waals surface area contributed by atoms with E-state index in [1.165, 1.54) is 0 Å². The van der Waals surface area contributed by atoms with Gasteiger partial charge in [-0.3, -0.25) is 4.79 Å². The molecule has 0 atom stereocenters. The van der Waals surface area contributed by atoms with Gasteiger partial charge >= 0.3 is 0 Å². The third-order valence-corrected chi connectivity index (χ3v) is 4.11. The van der Waals surface area contributed by atoms with Gasteiger partial charge in [0.15, 0.2) is 0 Å². The molecule has 21 heavy (non-hydrogen) atoms. The van der Waals surface area contributed by atoms with E-state index < -0.39 is 0 Å². The molecule has 110 valence electrons. The van der Waals surface area contributed by atoms with Crippen LogP contribution in [0.4, 0.5) is 5.69 Å². The summed E-state index contributed by atoms with van der Waals surface area (Å²) >= 11 is 6.82. The highest BCUT2D eigenvalue weighted by molar-refractivity contribution is 9.11. The molecule has 0 unspecified atom stereocenters. The maximum absolute atomic E-state index is 12.6. The zero-order valence-electron chi connectivity index (χ0n) is 11.6. The predicted octanol–water partition coefficient (Wildman–Crippen LogP) is 4.46. The molecule has 2 aromatic carbocycles. The number of carbonyl (C=O) groups excluding carboxylic acids is 1. The van der Waals surface area contributed by atoms with Gasteiger partial charge in [-0.15, -0.1) is 0 Å². The Labute approximate surface area is 141 Å². The fourth-order valence-corrected chi connectivity index (χ4v) is 3.36. The highest BCUT2D eigenvalue weighted by Gasteiger charge is 2.16. The van der Waals surface area contributed by atoms with Crippen LogP contribution in [0.5, 0.6) is 0 Å². The van der Waals surface area contributed by atoms with Crippen molar-refractivity contribution in [1.29, 1.82) is 0 Å². The van der Waals surface area contributed by atoms with Crippen molar-refractivity contribution < 1.29 is 4.79 Å². The molecule has 1 amide bonds. The van der Waals surface area contributed by atoms with E-state index >= 15 is 0 Å². The third kappa shape index (κ3) is 4.08. The number of para-hydroxylation sites is 1. The standard InChI is InChI=1S/C16H16Br2N2O/c1-2-20(10-11-5-3-4-6-15(11)19)16(21)12-7-13(17)9-14(18)8-12/h3-9H,2,10,19H2,1H3. The zero-order chi connectivity index (χ0) is 15.4. The van der Waals surface area contributed by atoms with Crippen LogP contribution in [0.2, 0.25) is 0 Å². The third-order valence-electron chi connectivity index (χ3n) is 3.19. The number of carbonyl (C=O) groups is 1. The van der Waals surface area contributed by atoms with Crippen molar-refractivity contribution in [3.05, 3.63) is 62.5 Å². The van der Waals surface area contributed by atoms with Crippen molar-refractivity contribution >= 4 is 43.5 Å². The monoisotopic (exact) mass is 410 g/mol. The Morgan fingerprint density at radius 3 is 2.33 bits per heavy atom. The summed E-state index contributed by atoms with van der Waals surface area (Å²) in [5, 5.41) is 0. The molecule has 0 aromatic heterocycles. The molecule has 2 N–H and O–H groups in total. The van der Waals surface area contributed by atoms with E-state index in [2.05, 4.69) is 31.9 Å². The summed E-state index contributed by atoms with van der Waals surface area (Å²) in [5.41, 5.74) is 8.27. The van der Waals surface area contributed by atoms with Gasteiger partial charge in [-0.05, 0) is 36.8 Å². The molecule has 2 aromatic rings. The van der Waals surface area contributed by atoms with Gasteiger partial charge in [-0.2, -0.15) is 0 Å². The number of hydrogen-bond donors (Lipinski definition) is 1. The summed E-state index contributed by atoms with van der Waals surface area (Å²) < 4.78 is 1.74. The largest absolute Gasteiger partial charge is 0.398 e. The van der Waals surface area contributed by atoms with E-state index in [4.69, 9.17) is 5.73 Å². The maximum atomic E-state index is 12.6. The van der Waals surface area contributed by atoms with E-state index in [1.807, 2.05) is 49.4 Å². The topological polar surface area (TPSA) is 46.3 Å². The van der Waals surface area contributed by atoms with Gasteiger partial charge < -0.3 is 10.6 Å². The molecule has 0 aliphatic rings. The van der Waals surface area contributed by atoms with Gasteiger partial charge in [0.25, 0.3) is 5.91 Å². The van der Waals surface area contributed by atoms with E-state index in [-0.39, 0.29) is 5.91 Å². The van der Waals surface area contributed by atoms with Gasteiger partial charge in [-0.1, -0.05) is 50.1 Å². The summed E-state index contributed by atoms with van der Waals surface area (Å²) in [6.07, 6.45) is 0. The molecule has 2 rings (SSSR count). The number of rotatable bonds is 4. The molecule has 0 heterocycles. The van der Waals surface area contributed by atoms with Crippen LogP contribution in [0.1, 0.15) is 22.8 Å². The molecular formula is C16H16Br2N2O. The Balaban J connectivity index is 2.24. The van der Waals surface area contributed by atoms with E-state index in [1.54, 1.807) is 4.90 Å². The minimum atomic E-state index is -0.0113. The first-order valence-electron chi connectivity index (χ1n) is 6.60. The molecule has 0 radical (unpaired) electrons. The van der Waals surface area contributed by atoms with Crippen LogP contribution in [-0.2, 0) is 6.54 Å². The molecule has 0 aliphatic carbocycles. The number of amides is 1. The number of nitrogens with two attached hydrogens (primary N) is 1. The normalized spacial score (nSPS) is 10.4. The van der Waals surface area contributed by atoms with E-state index in [0.29, 0.717) is 24.3 Å². The first kappa shape index (κ1) is 16.0. The van der Waals surface area contributed by atoms with Crippen molar-refractivity contribution in [2.45, 2.75) is 13.5 Å². The van der Waals surface area contributed by atoms with Crippen molar-refractivity contribution in [2.24, 2.45) is 0 Å². The van der Waals surface area contributed by atoms with Crippen LogP contribution in [0.25, 0.3) is 0 Å². The number of halogens is 2. The lowest BCUT2D eigenvalue weighted by Gasteiger charge is -2.22. The Morgan fingerprint density at radius 1 is 1.14 bits per heavy atom. The van der Waals surface area contributed by atoms with Gasteiger partial charge in [0.1, 0.15) is 0 Å². The lowest BCUT2D eigenvalue weighted by molar-refractivity contribution is 0.0753. The lowest BCUT2D eigenvalue weighted by Crippen LogP contribution is -2.30. The molecule has 5 heteroatoms. The van der Waals surface area contributed by atoms with Crippen LogP contribution in [0.3, 0.4) is 0 Å². The number of hydrogen-bond acceptors (Lipinski definition) is 2. The van der Waals surface area contributed by atoms with Crippen LogP contribution < -0.4 is 5.73 Å². The Hall–Kier alpha value is -1.33. The molecule has 0 spiro atoms. The van der Waals surface area contributed by atoms with Crippen LogP contribution >= 0.6 is 31.9 Å². The summed E-state index contributed by atoms with van der Waals surface area (Å²) in [6.45, 7) is 3.09. The van der Waals surface area contributed by atoms with Crippen molar-refractivity contribution in [3.8, 4) is 0 Å². The van der Waals surface area contributed by atoms with E-state index in [9.17, 15) is 4.79 Å². The minimum absolute atomic E-state index is 0.0113. The first-order valence-corrected chi connectivity index (χ1v) is 8.18. The van der Waals surface area contributed by atoms with Gasteiger partial charge in [0.2, 0.25) is 0 Å². The quantitative estimate of drug-likeness (QED) is 0.755. The predicted molar refractivity (Wildman–Crippen MR) is 93.1 cm³/mol. The van der Waals surface area contributed by atoms with E-state index in [0.717, 1.165) is 14.5 Å². The number of anilines is 1. The van der Waals surface area contributed by atoms with Crippen LogP contribution in [0, 0.1) is 0 Å². The maximum Gasteiger partial charge on any atom is 0.254 e. The average Bonchev–Trinajstić information content (AvgIpc) is 2.44. The molecule has 0 aliphatic heterocycles. The molecule has 3 nitrogen and oxygen atoms in total. The minimum Gasteiger partial charge on any atom is -0.398 e. The Kier molecular flexibility index (Phi) is 5.42. The SMILES string of the molecule is CCN(Cc1ccccc1N)C(=O)c1cc(Br)cc(Br)c1. The van der Waals surface area contributed by atoms with Crippen molar-refractivity contribution in [1.82, 2.24) is 4.90 Å². The molecule has 0 fully saturated rings. The lowest BCUT2D eigenvalue weighted by atomic mass is 10.1. The second-order valence-corrected chi connectivity index (χ2v) is 6.51. The van der Waals surface area contributed by atoms with Gasteiger partial charge in [0, 0.05) is 33.3 Å². The molecule has 0 saturated heterocycles. The molecular weight excluding hydrogens is 396 g/mol. The number of nitrogen functional groups attached to an aromatic ring is 1. The Morgan fingerprint density at radius 2 is 1.76 bits per heavy atom. The second kappa shape index (κ2) is 7.09. The molecule has 0 bridgehead atoms. The van der Waals surface area contributed by atoms with Crippen LogP contribution in [-0.4, -0.2) is 17.4 Å². The summed E-state index contributed by atoms with van der Waals surface area (Å²) in [4.78, 5) is 14.4. The summed E-state index contributed by atoms with van der Waals surface area (Å²) in [6, 6.07) is 13.2. The average molecular weight is 412 g/mol. The summed E-state index contributed by atoms with van der Waals surface area (Å²) in [7, 11) is 0. The smallest absolute Gasteiger partial charge is 0.254 e. The highest BCUT2D eigenvalue weighted by Crippen LogP contribution is 2.22. The number of nitrogens with zero attached hydrogens (tertiary/aromatic N) is 1.